The summed E-state index contributed by atoms with van der Waals surface area (Å²) in [7, 11) is 1.96. The van der Waals surface area contributed by atoms with Gasteiger partial charge in [-0.05, 0) is 25.3 Å². The van der Waals surface area contributed by atoms with Gasteiger partial charge in [0.15, 0.2) is 0 Å². The van der Waals surface area contributed by atoms with Gasteiger partial charge in [-0.2, -0.15) is 5.10 Å². The van der Waals surface area contributed by atoms with Crippen LogP contribution in [-0.2, 0) is 7.05 Å². The van der Waals surface area contributed by atoms with Gasteiger partial charge in [0.05, 0.1) is 6.20 Å². The molecule has 4 nitrogen and oxygen atoms in total. The van der Waals surface area contributed by atoms with Crippen LogP contribution in [0.5, 0.6) is 0 Å². The lowest BCUT2D eigenvalue weighted by Gasteiger charge is -2.28. The first-order valence-electron chi connectivity index (χ1n) is 5.71. The number of hydrogen-bond acceptors (Lipinski definition) is 3. The van der Waals surface area contributed by atoms with Crippen LogP contribution in [0.2, 0.25) is 0 Å². The van der Waals surface area contributed by atoms with Crippen LogP contribution >= 0.6 is 0 Å². The van der Waals surface area contributed by atoms with Crippen molar-refractivity contribution in [2.45, 2.75) is 25.8 Å². The minimum atomic E-state index is 0.601. The van der Waals surface area contributed by atoms with Crippen molar-refractivity contribution in [1.29, 1.82) is 0 Å². The molecule has 1 fully saturated rings. The van der Waals surface area contributed by atoms with E-state index in [0.717, 1.165) is 24.8 Å². The Bertz CT molecular complexity index is 307. The molecule has 2 N–H and O–H groups in total. The normalized spacial score (nSPS) is 26.5. The molecule has 0 aromatic carbocycles. The van der Waals surface area contributed by atoms with Crippen molar-refractivity contribution >= 4 is 5.82 Å². The minimum absolute atomic E-state index is 0.601. The van der Waals surface area contributed by atoms with E-state index in [0.29, 0.717) is 6.04 Å². The highest BCUT2D eigenvalue weighted by molar-refractivity contribution is 5.33. The molecule has 15 heavy (non-hydrogen) atoms. The lowest BCUT2D eigenvalue weighted by Crippen LogP contribution is -2.42. The van der Waals surface area contributed by atoms with Gasteiger partial charge in [-0.3, -0.25) is 4.68 Å². The van der Waals surface area contributed by atoms with E-state index in [4.69, 9.17) is 0 Å². The topological polar surface area (TPSA) is 41.9 Å². The van der Waals surface area contributed by atoms with Crippen molar-refractivity contribution in [3.63, 3.8) is 0 Å². The van der Waals surface area contributed by atoms with Crippen LogP contribution in [0.15, 0.2) is 12.3 Å². The maximum absolute atomic E-state index is 4.13. The smallest absolute Gasteiger partial charge is 0.123 e. The molecule has 0 bridgehead atoms. The predicted octanol–water partition coefficient (Wildman–Crippen LogP) is 1.22. The predicted molar refractivity (Wildman–Crippen MR) is 61.9 cm³/mol. The van der Waals surface area contributed by atoms with Gasteiger partial charge in [0.2, 0.25) is 0 Å². The molecular weight excluding hydrogens is 188 g/mol. The Kier molecular flexibility index (Phi) is 3.26. The quantitative estimate of drug-likeness (QED) is 0.785. The van der Waals surface area contributed by atoms with Crippen LogP contribution in [0.25, 0.3) is 0 Å². The summed E-state index contributed by atoms with van der Waals surface area (Å²) in [6.45, 7) is 4.47. The maximum atomic E-state index is 4.13. The Labute approximate surface area is 91.1 Å². The summed E-state index contributed by atoms with van der Waals surface area (Å²) in [6.07, 6.45) is 4.40. The Morgan fingerprint density at radius 2 is 2.53 bits per heavy atom. The summed E-state index contributed by atoms with van der Waals surface area (Å²) in [5, 5.41) is 11.1. The third kappa shape index (κ3) is 2.72. The second-order valence-corrected chi connectivity index (χ2v) is 4.50. The molecule has 2 unspecified atom stereocenters. The van der Waals surface area contributed by atoms with Crippen molar-refractivity contribution in [3.8, 4) is 0 Å². The van der Waals surface area contributed by atoms with E-state index in [1.54, 1.807) is 0 Å². The number of hydrogen-bond donors (Lipinski definition) is 2. The summed E-state index contributed by atoms with van der Waals surface area (Å²) in [5.41, 5.74) is 0. The number of piperidine rings is 1. The lowest BCUT2D eigenvalue weighted by molar-refractivity contribution is 0.328. The molecule has 0 aliphatic carbocycles. The molecule has 1 aliphatic heterocycles. The van der Waals surface area contributed by atoms with Crippen molar-refractivity contribution in [1.82, 2.24) is 15.1 Å². The van der Waals surface area contributed by atoms with Gasteiger partial charge >= 0.3 is 0 Å². The fourth-order valence-electron chi connectivity index (χ4n) is 2.15. The summed E-state index contributed by atoms with van der Waals surface area (Å²) >= 11 is 0. The molecule has 1 aromatic heterocycles. The number of aromatic nitrogens is 2. The van der Waals surface area contributed by atoms with Crippen LogP contribution in [-0.4, -0.2) is 28.9 Å². The maximum Gasteiger partial charge on any atom is 0.123 e. The van der Waals surface area contributed by atoms with Gasteiger partial charge < -0.3 is 10.6 Å². The Morgan fingerprint density at radius 1 is 1.67 bits per heavy atom. The third-order valence-corrected chi connectivity index (χ3v) is 3.11. The number of anilines is 1. The van der Waals surface area contributed by atoms with Gasteiger partial charge in [-0.25, -0.2) is 0 Å². The highest BCUT2D eigenvalue weighted by atomic mass is 15.3. The molecule has 1 saturated heterocycles. The minimum Gasteiger partial charge on any atom is -0.369 e. The Morgan fingerprint density at radius 3 is 3.20 bits per heavy atom. The number of aryl methyl sites for hydroxylation is 1. The molecule has 4 heteroatoms. The van der Waals surface area contributed by atoms with E-state index in [1.807, 2.05) is 24.0 Å². The zero-order chi connectivity index (χ0) is 10.7. The average Bonchev–Trinajstić information content (AvgIpc) is 2.61. The first kappa shape index (κ1) is 10.5. The van der Waals surface area contributed by atoms with Crippen molar-refractivity contribution in [3.05, 3.63) is 12.3 Å². The fraction of sp³-hybridized carbons (Fsp3) is 0.727. The fourth-order valence-corrected chi connectivity index (χ4v) is 2.15. The van der Waals surface area contributed by atoms with E-state index in [9.17, 15) is 0 Å². The van der Waals surface area contributed by atoms with E-state index >= 15 is 0 Å². The molecule has 84 valence electrons. The van der Waals surface area contributed by atoms with Gasteiger partial charge in [-0.1, -0.05) is 6.92 Å². The standard InChI is InChI=1S/C11H20N4/c1-9-3-5-12-10(7-9)8-13-11-4-6-14-15(11)2/h4,6,9-10,12-13H,3,5,7-8H2,1-2H3. The molecule has 2 heterocycles. The van der Waals surface area contributed by atoms with Gasteiger partial charge in [0, 0.05) is 25.7 Å². The van der Waals surface area contributed by atoms with Crippen LogP contribution in [0.3, 0.4) is 0 Å². The van der Waals surface area contributed by atoms with E-state index in [1.165, 1.54) is 12.8 Å². The van der Waals surface area contributed by atoms with Crippen molar-refractivity contribution < 1.29 is 0 Å². The highest BCUT2D eigenvalue weighted by Gasteiger charge is 2.17. The van der Waals surface area contributed by atoms with Crippen LogP contribution < -0.4 is 10.6 Å². The average molecular weight is 208 g/mol. The lowest BCUT2D eigenvalue weighted by atomic mass is 9.94. The third-order valence-electron chi connectivity index (χ3n) is 3.11. The molecule has 0 saturated carbocycles. The van der Waals surface area contributed by atoms with Crippen LogP contribution in [0, 0.1) is 5.92 Å². The van der Waals surface area contributed by atoms with Crippen molar-refractivity contribution in [2.75, 3.05) is 18.4 Å². The zero-order valence-electron chi connectivity index (χ0n) is 9.53. The first-order chi connectivity index (χ1) is 7.25. The molecule has 1 aromatic rings. The number of rotatable bonds is 3. The summed E-state index contributed by atoms with van der Waals surface area (Å²) in [4.78, 5) is 0. The molecule has 1 aliphatic rings. The second kappa shape index (κ2) is 4.66. The number of nitrogens with one attached hydrogen (secondary N) is 2. The monoisotopic (exact) mass is 208 g/mol. The van der Waals surface area contributed by atoms with Gasteiger partial charge in [0.25, 0.3) is 0 Å². The summed E-state index contributed by atoms with van der Waals surface area (Å²) in [5.74, 6) is 1.94. The number of nitrogens with zero attached hydrogens (tertiary/aromatic N) is 2. The molecule has 0 amide bonds. The van der Waals surface area contributed by atoms with E-state index < -0.39 is 0 Å². The largest absolute Gasteiger partial charge is 0.369 e. The highest BCUT2D eigenvalue weighted by Crippen LogP contribution is 2.15. The van der Waals surface area contributed by atoms with Crippen LogP contribution in [0.4, 0.5) is 5.82 Å². The van der Waals surface area contributed by atoms with Crippen LogP contribution in [0.1, 0.15) is 19.8 Å². The molecule has 0 spiro atoms. The molecule has 2 rings (SSSR count). The molecule has 0 radical (unpaired) electrons. The molecular formula is C11H20N4. The van der Waals surface area contributed by atoms with Gasteiger partial charge in [0.1, 0.15) is 5.82 Å². The Hall–Kier alpha value is -1.03. The summed E-state index contributed by atoms with van der Waals surface area (Å²) < 4.78 is 1.87. The van der Waals surface area contributed by atoms with E-state index in [-0.39, 0.29) is 0 Å². The van der Waals surface area contributed by atoms with Crippen molar-refractivity contribution in [2.24, 2.45) is 13.0 Å². The SMILES string of the molecule is CC1CCNC(CNc2ccnn2C)C1. The summed E-state index contributed by atoms with van der Waals surface area (Å²) in [6, 6.07) is 2.61. The second-order valence-electron chi connectivity index (χ2n) is 4.50. The Balaban J connectivity index is 1.80. The first-order valence-corrected chi connectivity index (χ1v) is 5.71. The molecule has 2 atom stereocenters. The zero-order valence-corrected chi connectivity index (χ0v) is 9.53. The van der Waals surface area contributed by atoms with Gasteiger partial charge in [-0.15, -0.1) is 0 Å². The van der Waals surface area contributed by atoms with E-state index in [2.05, 4.69) is 22.7 Å².